The van der Waals surface area contributed by atoms with Gasteiger partial charge in [-0.2, -0.15) is 0 Å². The molecule has 0 bridgehead atoms. The Labute approximate surface area is 261 Å². The first-order valence-electron chi connectivity index (χ1n) is 15.7. The summed E-state index contributed by atoms with van der Waals surface area (Å²) in [7, 11) is 1.98. The number of ketones is 1. The Morgan fingerprint density at radius 1 is 1.07 bits per heavy atom. The lowest BCUT2D eigenvalue weighted by molar-refractivity contribution is -0.135. The fourth-order valence-electron chi connectivity index (χ4n) is 6.20. The second kappa shape index (κ2) is 14.5. The highest BCUT2D eigenvalue weighted by molar-refractivity contribution is 5.94. The molecule has 1 unspecified atom stereocenters. The van der Waals surface area contributed by atoms with E-state index in [0.29, 0.717) is 44.7 Å². The van der Waals surface area contributed by atoms with Crippen LogP contribution in [0.1, 0.15) is 51.5 Å². The minimum absolute atomic E-state index is 0.0255. The second-order valence-electron chi connectivity index (χ2n) is 12.6. The molecule has 2 aromatic carbocycles. The van der Waals surface area contributed by atoms with Crippen molar-refractivity contribution in [2.24, 2.45) is 5.92 Å². The van der Waals surface area contributed by atoms with Gasteiger partial charge in [-0.15, -0.1) is 0 Å². The van der Waals surface area contributed by atoms with Gasteiger partial charge in [0.15, 0.2) is 5.78 Å². The standard InChI is InChI=1S/C37H44N4O3/c1-26(2)20-34(40(3)24-28-16-17-29-11-4-5-12-30(29)22-28)37(44)39-33-15-9-19-41(25-35(33)42)36(43)23-27-10-8-13-31(21-27)32-14-6-7-18-38-32/h4-8,10-14,16-18,22,26,33-34,38H,9,15,19-21,23-25H2,1-3H3,(H,39,44)/t33?,34-/m0/s1. The summed E-state index contributed by atoms with van der Waals surface area (Å²) in [6.07, 6.45) is 16.7. The molecule has 2 aromatic rings. The van der Waals surface area contributed by atoms with Gasteiger partial charge in [0.2, 0.25) is 11.8 Å². The van der Waals surface area contributed by atoms with Crippen LogP contribution >= 0.6 is 0 Å². The Morgan fingerprint density at radius 3 is 2.66 bits per heavy atom. The maximum absolute atomic E-state index is 13.7. The number of likely N-dealkylation sites (N-methyl/N-ethyl adjacent to an activating group) is 1. The van der Waals surface area contributed by atoms with Crippen LogP contribution in [0.5, 0.6) is 0 Å². The number of likely N-dealkylation sites (tertiary alicyclic amines) is 1. The van der Waals surface area contributed by atoms with Crippen molar-refractivity contribution in [2.75, 3.05) is 20.1 Å². The van der Waals surface area contributed by atoms with Crippen molar-refractivity contribution in [2.45, 2.75) is 64.6 Å². The van der Waals surface area contributed by atoms with Gasteiger partial charge in [0, 0.05) is 31.4 Å². The summed E-state index contributed by atoms with van der Waals surface area (Å²) in [4.78, 5) is 44.1. The number of fused-ring (bicyclic) bond motifs is 1. The number of carbonyl (C=O) groups excluding carboxylic acids is 3. The summed E-state index contributed by atoms with van der Waals surface area (Å²) >= 11 is 0. The predicted molar refractivity (Wildman–Crippen MR) is 176 cm³/mol. The molecule has 1 fully saturated rings. The van der Waals surface area contributed by atoms with Gasteiger partial charge in [0.05, 0.1) is 18.6 Å². The average molecular weight is 593 g/mol. The van der Waals surface area contributed by atoms with Crippen molar-refractivity contribution < 1.29 is 14.4 Å². The van der Waals surface area contributed by atoms with Crippen LogP contribution in [0.3, 0.4) is 0 Å². The number of hydrogen-bond acceptors (Lipinski definition) is 5. The van der Waals surface area contributed by atoms with Crippen molar-refractivity contribution in [1.82, 2.24) is 20.4 Å². The molecule has 7 nitrogen and oxygen atoms in total. The molecule has 0 radical (unpaired) electrons. The third kappa shape index (κ3) is 8.03. The third-order valence-electron chi connectivity index (χ3n) is 8.58. The first-order valence-corrected chi connectivity index (χ1v) is 15.7. The lowest BCUT2D eigenvalue weighted by atomic mass is 9.95. The van der Waals surface area contributed by atoms with Crippen LogP contribution in [0.25, 0.3) is 10.8 Å². The summed E-state index contributed by atoms with van der Waals surface area (Å²) in [5, 5.41) is 8.71. The summed E-state index contributed by atoms with van der Waals surface area (Å²) in [5.41, 5.74) is 4.33. The zero-order chi connectivity index (χ0) is 31.1. The minimum Gasteiger partial charge on any atom is -0.361 e. The van der Waals surface area contributed by atoms with Crippen molar-refractivity contribution in [1.29, 1.82) is 0 Å². The maximum Gasteiger partial charge on any atom is 0.237 e. The van der Waals surface area contributed by atoms with Gasteiger partial charge in [0.25, 0.3) is 0 Å². The number of nitrogens with one attached hydrogen (secondary N) is 2. The molecule has 2 heterocycles. The summed E-state index contributed by atoms with van der Waals surface area (Å²) in [6, 6.07) is 13.7. The number of rotatable bonds is 9. The molecule has 44 heavy (non-hydrogen) atoms. The molecule has 1 saturated heterocycles. The van der Waals surface area contributed by atoms with Gasteiger partial charge in [-0.3, -0.25) is 19.3 Å². The summed E-state index contributed by atoms with van der Waals surface area (Å²) in [6.45, 7) is 5.39. The molecule has 1 aliphatic carbocycles. The van der Waals surface area contributed by atoms with E-state index in [0.717, 1.165) is 22.4 Å². The monoisotopic (exact) mass is 592 g/mol. The van der Waals surface area contributed by atoms with Crippen molar-refractivity contribution >= 4 is 28.4 Å². The highest BCUT2D eigenvalue weighted by atomic mass is 16.2. The molecule has 0 aromatic heterocycles. The van der Waals surface area contributed by atoms with Crippen LogP contribution < -0.4 is 10.6 Å². The zero-order valence-corrected chi connectivity index (χ0v) is 26.1. The molecule has 2 N–H and O–H groups in total. The van der Waals surface area contributed by atoms with Crippen LogP contribution in [0.4, 0.5) is 0 Å². The Kier molecular flexibility index (Phi) is 10.3. The molecule has 2 amide bonds. The molecular weight excluding hydrogens is 548 g/mol. The first-order chi connectivity index (χ1) is 21.3. The van der Waals surface area contributed by atoms with Crippen molar-refractivity contribution in [3.8, 4) is 0 Å². The molecule has 3 aliphatic rings. The Hall–Kier alpha value is -4.23. The van der Waals surface area contributed by atoms with Crippen LogP contribution in [-0.2, 0) is 20.9 Å². The van der Waals surface area contributed by atoms with Gasteiger partial charge in [-0.1, -0.05) is 80.1 Å². The number of amides is 2. The molecular formula is C37H44N4O3. The van der Waals surface area contributed by atoms with Crippen molar-refractivity contribution in [3.63, 3.8) is 0 Å². The molecule has 2 aliphatic heterocycles. The van der Waals surface area contributed by atoms with Crippen LogP contribution in [0.2, 0.25) is 0 Å². The molecule has 0 saturated carbocycles. The smallest absolute Gasteiger partial charge is 0.237 e. The maximum atomic E-state index is 13.7. The summed E-state index contributed by atoms with van der Waals surface area (Å²) in [5.74, 6) is 0.0358. The van der Waals surface area contributed by atoms with E-state index in [2.05, 4.69) is 65.8 Å². The number of Topliss-reactive ketones (excluding diaryl/α,β-unsaturated/α-hetero) is 1. The molecule has 230 valence electrons. The molecule has 0 spiro atoms. The van der Waals surface area contributed by atoms with Gasteiger partial charge in [-0.05, 0) is 78.8 Å². The Bertz CT molecular complexity index is 1550. The molecule has 7 heteroatoms. The lowest BCUT2D eigenvalue weighted by Crippen LogP contribution is -2.51. The summed E-state index contributed by atoms with van der Waals surface area (Å²) < 4.78 is 0. The normalized spacial score (nSPS) is 20.9. The Balaban J connectivity index is 1.18. The number of dihydropyridines is 1. The fourth-order valence-corrected chi connectivity index (χ4v) is 6.20. The van der Waals surface area contributed by atoms with E-state index < -0.39 is 6.04 Å². The predicted octanol–water partition coefficient (Wildman–Crippen LogP) is 5.57. The lowest BCUT2D eigenvalue weighted by Gasteiger charge is -2.30. The third-order valence-corrected chi connectivity index (χ3v) is 8.58. The number of nitrogens with zero attached hydrogens (tertiary/aromatic N) is 2. The van der Waals surface area contributed by atoms with E-state index in [4.69, 9.17) is 0 Å². The average Bonchev–Trinajstić information content (AvgIpc) is 3.21. The fraction of sp³-hybridized carbons (Fsp3) is 0.378. The zero-order valence-electron chi connectivity index (χ0n) is 26.1. The highest BCUT2D eigenvalue weighted by Crippen LogP contribution is 2.25. The van der Waals surface area contributed by atoms with E-state index in [1.54, 1.807) is 4.90 Å². The molecule has 5 rings (SSSR count). The van der Waals surface area contributed by atoms with Crippen LogP contribution in [-0.4, -0.2) is 59.6 Å². The van der Waals surface area contributed by atoms with Gasteiger partial charge >= 0.3 is 0 Å². The number of carbonyl (C=O) groups is 3. The number of hydrogen-bond donors (Lipinski definition) is 2. The van der Waals surface area contributed by atoms with Crippen LogP contribution in [0.15, 0.2) is 102 Å². The Morgan fingerprint density at radius 2 is 1.89 bits per heavy atom. The van der Waals surface area contributed by atoms with E-state index >= 15 is 0 Å². The van der Waals surface area contributed by atoms with E-state index in [-0.39, 0.29) is 36.6 Å². The number of allylic oxidation sites excluding steroid dienone is 7. The van der Waals surface area contributed by atoms with Gasteiger partial charge in [0.1, 0.15) is 0 Å². The van der Waals surface area contributed by atoms with Gasteiger partial charge < -0.3 is 15.5 Å². The quantitative estimate of drug-likeness (QED) is 0.398. The van der Waals surface area contributed by atoms with E-state index in [9.17, 15) is 14.4 Å². The highest BCUT2D eigenvalue weighted by Gasteiger charge is 2.32. The SMILES string of the molecule is CC(C)C[C@@H](C(=O)NC1CCCN(C(=O)CC2=CC=CC(=C3C=CC=CN3)C2)CC1=O)N(C)Cc1ccc2ccccc2c1. The van der Waals surface area contributed by atoms with Crippen LogP contribution in [0, 0.1) is 5.92 Å². The van der Waals surface area contributed by atoms with Gasteiger partial charge in [-0.25, -0.2) is 0 Å². The minimum atomic E-state index is -0.589. The van der Waals surface area contributed by atoms with E-state index in [1.807, 2.05) is 55.8 Å². The van der Waals surface area contributed by atoms with E-state index in [1.165, 1.54) is 10.8 Å². The molecule has 2 atom stereocenters. The van der Waals surface area contributed by atoms with Crippen molar-refractivity contribution in [3.05, 3.63) is 108 Å². The largest absolute Gasteiger partial charge is 0.361 e. The first kappa shape index (κ1) is 31.2. The second-order valence-corrected chi connectivity index (χ2v) is 12.6. The number of benzene rings is 2. The topological polar surface area (TPSA) is 81.8 Å².